The van der Waals surface area contributed by atoms with Crippen molar-refractivity contribution < 1.29 is 14.4 Å². The van der Waals surface area contributed by atoms with Crippen LogP contribution in [0.25, 0.3) is 21.4 Å². The fourth-order valence-electron chi connectivity index (χ4n) is 4.00. The minimum Gasteiger partial charge on any atom is -0.348 e. The van der Waals surface area contributed by atoms with Crippen molar-refractivity contribution in [3.8, 4) is 21.4 Å². The number of thiazole rings is 3. The molecule has 1 aromatic carbocycles. The van der Waals surface area contributed by atoms with Crippen LogP contribution in [-0.4, -0.2) is 44.8 Å². The number of hydrogen-bond acceptors (Lipinski definition) is 9. The van der Waals surface area contributed by atoms with Crippen LogP contribution in [0.15, 0.2) is 46.5 Å². The number of nitrogens with zero attached hydrogens (tertiary/aromatic N) is 3. The number of rotatable bonds is 4. The van der Waals surface area contributed by atoms with Crippen LogP contribution in [0, 0.1) is 5.92 Å². The summed E-state index contributed by atoms with van der Waals surface area (Å²) in [6.45, 7) is 4.12. The molecule has 196 valence electrons. The molecular weight excluding hydrogens is 541 g/mol. The van der Waals surface area contributed by atoms with E-state index in [2.05, 4.69) is 30.9 Å². The quantitative estimate of drug-likeness (QED) is 0.344. The lowest BCUT2D eigenvalue weighted by molar-refractivity contribution is -0.131. The molecule has 3 atom stereocenters. The Morgan fingerprint density at radius 2 is 1.53 bits per heavy atom. The summed E-state index contributed by atoms with van der Waals surface area (Å²) in [5, 5.41) is 16.2. The predicted octanol–water partition coefficient (Wildman–Crippen LogP) is 3.89. The van der Waals surface area contributed by atoms with Crippen molar-refractivity contribution in [3.05, 3.63) is 62.7 Å². The number of hydrogen-bond donors (Lipinski definition) is 3. The zero-order chi connectivity index (χ0) is 26.6. The van der Waals surface area contributed by atoms with E-state index in [4.69, 9.17) is 0 Å². The summed E-state index contributed by atoms with van der Waals surface area (Å²) in [5.41, 5.74) is 2.47. The Bertz CT molecular complexity index is 1450. The lowest BCUT2D eigenvalue weighted by atomic mass is 9.97. The summed E-state index contributed by atoms with van der Waals surface area (Å²) in [6.07, 6.45) is 0.949. The molecule has 38 heavy (non-hydrogen) atoms. The van der Waals surface area contributed by atoms with Crippen molar-refractivity contribution in [2.45, 2.75) is 45.3 Å². The van der Waals surface area contributed by atoms with Crippen molar-refractivity contribution in [2.24, 2.45) is 5.92 Å². The molecule has 0 radical (unpaired) electrons. The van der Waals surface area contributed by atoms with Gasteiger partial charge in [0.05, 0.1) is 6.54 Å². The highest BCUT2D eigenvalue weighted by Gasteiger charge is 2.31. The van der Waals surface area contributed by atoms with E-state index < -0.39 is 23.9 Å². The molecule has 3 N–H and O–H groups in total. The van der Waals surface area contributed by atoms with Gasteiger partial charge in [-0.2, -0.15) is 0 Å². The Hall–Kier alpha value is -3.48. The summed E-state index contributed by atoms with van der Waals surface area (Å²) in [7, 11) is 0. The van der Waals surface area contributed by atoms with Gasteiger partial charge in [0.25, 0.3) is 5.91 Å². The van der Waals surface area contributed by atoms with Crippen LogP contribution in [0.5, 0.6) is 0 Å². The van der Waals surface area contributed by atoms with Gasteiger partial charge < -0.3 is 16.0 Å². The number of carbonyl (C=O) groups excluding carboxylic acids is 3. The molecule has 1 aliphatic heterocycles. The Balaban J connectivity index is 1.50. The molecule has 9 nitrogen and oxygen atoms in total. The molecule has 0 fully saturated rings. The second kappa shape index (κ2) is 11.5. The van der Waals surface area contributed by atoms with E-state index in [1.54, 1.807) is 5.38 Å². The first kappa shape index (κ1) is 26.1. The lowest BCUT2D eigenvalue weighted by Gasteiger charge is -2.26. The Labute approximate surface area is 231 Å². The van der Waals surface area contributed by atoms with Gasteiger partial charge in [-0.3, -0.25) is 14.4 Å². The number of amides is 3. The number of aromatic nitrogens is 3. The van der Waals surface area contributed by atoms with E-state index in [9.17, 15) is 14.4 Å². The van der Waals surface area contributed by atoms with Gasteiger partial charge in [0.15, 0.2) is 0 Å². The number of nitrogens with one attached hydrogen (secondary N) is 3. The van der Waals surface area contributed by atoms with Gasteiger partial charge in [0.1, 0.15) is 44.2 Å². The SMILES string of the molecule is CC[C@H](C)[C@@H]1NC(=O)[C@@H](Cc2ccccc2)NC(=O)c2csc(n2)-c2csc(n2)-c2csc(n2)CNC1=O. The number of carbonyl (C=O) groups is 3. The molecule has 6 bridgehead atoms. The molecule has 4 heterocycles. The van der Waals surface area contributed by atoms with Gasteiger partial charge in [0.2, 0.25) is 11.8 Å². The van der Waals surface area contributed by atoms with Gasteiger partial charge in [-0.25, -0.2) is 15.0 Å². The molecule has 12 heteroatoms. The highest BCUT2D eigenvalue weighted by Crippen LogP contribution is 2.31. The van der Waals surface area contributed by atoms with Gasteiger partial charge in [0, 0.05) is 22.6 Å². The standard InChI is InChI=1S/C26H26N6O3S3/c1-3-14(2)21-24(35)27-10-20-28-18(12-36-20)25-31-19(13-38-25)26-30-17(11-37-26)23(34)29-16(22(33)32-21)9-15-7-5-4-6-8-15/h4-8,11-14,16,21H,3,9-10H2,1-2H3,(H,27,35)(H,29,34)(H,32,33)/t14-,16+,21-/m0/s1. The van der Waals surface area contributed by atoms with E-state index in [1.165, 1.54) is 34.0 Å². The van der Waals surface area contributed by atoms with Crippen LogP contribution in [0.4, 0.5) is 0 Å². The second-order valence-electron chi connectivity index (χ2n) is 9.01. The van der Waals surface area contributed by atoms with Crippen molar-refractivity contribution in [2.75, 3.05) is 0 Å². The van der Waals surface area contributed by atoms with Crippen LogP contribution in [-0.2, 0) is 22.6 Å². The zero-order valence-corrected chi connectivity index (χ0v) is 23.2. The van der Waals surface area contributed by atoms with Crippen LogP contribution < -0.4 is 16.0 Å². The summed E-state index contributed by atoms with van der Waals surface area (Å²) < 4.78 is 0. The minimum absolute atomic E-state index is 0.126. The normalized spacial score (nSPS) is 19.1. The fourth-order valence-corrected chi connectivity index (χ4v) is 6.39. The topological polar surface area (TPSA) is 126 Å². The summed E-state index contributed by atoms with van der Waals surface area (Å²) in [4.78, 5) is 53.8. The number of benzene rings is 1. The third-order valence-electron chi connectivity index (χ3n) is 6.34. The number of fused-ring (bicyclic) bond motifs is 8. The van der Waals surface area contributed by atoms with E-state index in [-0.39, 0.29) is 30.5 Å². The van der Waals surface area contributed by atoms with Gasteiger partial charge in [-0.15, -0.1) is 34.0 Å². The maximum atomic E-state index is 13.5. The van der Waals surface area contributed by atoms with Crippen LogP contribution in [0.3, 0.4) is 0 Å². The molecule has 0 unspecified atom stereocenters. The first-order valence-corrected chi connectivity index (χ1v) is 14.8. The third-order valence-corrected chi connectivity index (χ3v) is 8.92. The van der Waals surface area contributed by atoms with Crippen molar-refractivity contribution in [1.82, 2.24) is 30.9 Å². The smallest absolute Gasteiger partial charge is 0.271 e. The highest BCUT2D eigenvalue weighted by atomic mass is 32.1. The van der Waals surface area contributed by atoms with Crippen LogP contribution >= 0.6 is 34.0 Å². The molecule has 0 saturated heterocycles. The van der Waals surface area contributed by atoms with Crippen molar-refractivity contribution >= 4 is 51.7 Å². The predicted molar refractivity (Wildman–Crippen MR) is 149 cm³/mol. The van der Waals surface area contributed by atoms with Gasteiger partial charge >= 0.3 is 0 Å². The molecular formula is C26H26N6O3S3. The minimum atomic E-state index is -0.902. The molecule has 0 spiro atoms. The zero-order valence-electron chi connectivity index (χ0n) is 20.8. The Kier molecular flexibility index (Phi) is 7.91. The molecule has 3 amide bonds. The maximum absolute atomic E-state index is 13.5. The van der Waals surface area contributed by atoms with Gasteiger partial charge in [-0.1, -0.05) is 50.6 Å². The third kappa shape index (κ3) is 5.82. The summed E-state index contributed by atoms with van der Waals surface area (Å²) in [5.74, 6) is -1.32. The molecule has 0 aliphatic carbocycles. The second-order valence-corrected chi connectivity index (χ2v) is 11.7. The fraction of sp³-hybridized carbons (Fsp3) is 0.308. The molecule has 1 aliphatic rings. The van der Waals surface area contributed by atoms with Crippen molar-refractivity contribution in [1.29, 1.82) is 0 Å². The van der Waals surface area contributed by atoms with E-state index in [0.29, 0.717) is 17.1 Å². The largest absolute Gasteiger partial charge is 0.348 e. The van der Waals surface area contributed by atoms with Crippen molar-refractivity contribution in [3.63, 3.8) is 0 Å². The molecule has 5 rings (SSSR count). The maximum Gasteiger partial charge on any atom is 0.271 e. The van der Waals surface area contributed by atoms with E-state index in [1.807, 2.05) is 54.9 Å². The Morgan fingerprint density at radius 1 is 0.868 bits per heavy atom. The van der Waals surface area contributed by atoms with E-state index >= 15 is 0 Å². The van der Waals surface area contributed by atoms with Gasteiger partial charge in [-0.05, 0) is 11.5 Å². The monoisotopic (exact) mass is 566 g/mol. The average molecular weight is 567 g/mol. The molecule has 4 aromatic rings. The van der Waals surface area contributed by atoms with E-state index in [0.717, 1.165) is 21.3 Å². The molecule has 3 aromatic heterocycles. The lowest BCUT2D eigenvalue weighted by Crippen LogP contribution is -2.56. The van der Waals surface area contributed by atoms with Crippen LogP contribution in [0.2, 0.25) is 0 Å². The highest BCUT2D eigenvalue weighted by molar-refractivity contribution is 7.16. The Morgan fingerprint density at radius 3 is 2.26 bits per heavy atom. The average Bonchev–Trinajstić information content (AvgIpc) is 3.70. The van der Waals surface area contributed by atoms with Crippen LogP contribution in [0.1, 0.15) is 41.3 Å². The summed E-state index contributed by atoms with van der Waals surface area (Å²) >= 11 is 4.20. The summed E-state index contributed by atoms with van der Waals surface area (Å²) in [6, 6.07) is 7.77. The first-order chi connectivity index (χ1) is 18.4. The first-order valence-electron chi connectivity index (χ1n) is 12.2. The molecule has 0 saturated carbocycles.